The van der Waals surface area contributed by atoms with E-state index in [1.54, 1.807) is 12.1 Å². The number of nitrogen functional groups attached to an aromatic ring is 1. The summed E-state index contributed by atoms with van der Waals surface area (Å²) in [7, 11) is 0. The van der Waals surface area contributed by atoms with E-state index in [1.807, 2.05) is 66.7 Å². The first-order chi connectivity index (χ1) is 18.4. The zero-order valence-corrected chi connectivity index (χ0v) is 19.9. The second-order valence-electron chi connectivity index (χ2n) is 8.73. The van der Waals surface area contributed by atoms with Gasteiger partial charge in [-0.25, -0.2) is 9.97 Å². The zero-order chi connectivity index (χ0) is 26.3. The molecule has 6 aromatic rings. The molecule has 2 aromatic heterocycles. The number of anilines is 1. The van der Waals surface area contributed by atoms with E-state index in [0.717, 1.165) is 28.5 Å². The van der Waals surface area contributed by atoms with E-state index in [0.29, 0.717) is 22.2 Å². The Kier molecular flexibility index (Phi) is 5.64. The summed E-state index contributed by atoms with van der Waals surface area (Å²) in [4.78, 5) is 8.84. The highest BCUT2D eigenvalue weighted by Crippen LogP contribution is 2.42. The van der Waals surface area contributed by atoms with E-state index >= 15 is 0 Å². The minimum atomic E-state index is -4.56. The van der Waals surface area contributed by atoms with Crippen molar-refractivity contribution >= 4 is 16.7 Å². The van der Waals surface area contributed by atoms with Crippen LogP contribution < -0.4 is 5.73 Å². The maximum absolute atomic E-state index is 13.7. The standard InChI is InChI=1S/C30H20F3N5/c31-30(32,33)22-16-8-7-14-20(22)29-35-23-17-9-15-21(25(23)28(34)36-29)27-24(18-10-3-1-4-11-18)26(37-38-27)19-12-5-2-6-13-19/h1-17H,(H,37,38)(H2,34,35,36). The minimum Gasteiger partial charge on any atom is -0.383 e. The number of hydrogen-bond acceptors (Lipinski definition) is 4. The zero-order valence-electron chi connectivity index (χ0n) is 19.9. The first-order valence-electron chi connectivity index (χ1n) is 11.8. The highest BCUT2D eigenvalue weighted by atomic mass is 19.4. The number of nitrogens with two attached hydrogens (primary N) is 1. The molecule has 0 amide bonds. The predicted molar refractivity (Wildman–Crippen MR) is 143 cm³/mol. The smallest absolute Gasteiger partial charge is 0.383 e. The van der Waals surface area contributed by atoms with Crippen LogP contribution in [0.15, 0.2) is 103 Å². The Morgan fingerprint density at radius 1 is 0.658 bits per heavy atom. The van der Waals surface area contributed by atoms with Gasteiger partial charge < -0.3 is 5.73 Å². The van der Waals surface area contributed by atoms with Gasteiger partial charge in [-0.15, -0.1) is 0 Å². The fraction of sp³-hybridized carbons (Fsp3) is 0.0333. The van der Waals surface area contributed by atoms with E-state index in [1.165, 1.54) is 18.2 Å². The van der Waals surface area contributed by atoms with Crippen LogP contribution in [0.3, 0.4) is 0 Å². The molecule has 2 heterocycles. The third-order valence-electron chi connectivity index (χ3n) is 6.37. The summed E-state index contributed by atoms with van der Waals surface area (Å²) >= 11 is 0. The Morgan fingerprint density at radius 2 is 1.29 bits per heavy atom. The molecule has 0 spiro atoms. The second-order valence-corrected chi connectivity index (χ2v) is 8.73. The molecule has 0 saturated carbocycles. The van der Waals surface area contributed by atoms with Crippen LogP contribution in [0.2, 0.25) is 0 Å². The molecule has 0 fully saturated rings. The molecule has 3 N–H and O–H groups in total. The van der Waals surface area contributed by atoms with Crippen molar-refractivity contribution in [2.75, 3.05) is 5.73 Å². The molecule has 0 radical (unpaired) electrons. The van der Waals surface area contributed by atoms with E-state index in [-0.39, 0.29) is 17.2 Å². The Bertz CT molecular complexity index is 1760. The molecular formula is C30H20F3N5. The highest BCUT2D eigenvalue weighted by Gasteiger charge is 2.34. The van der Waals surface area contributed by atoms with Crippen molar-refractivity contribution in [3.63, 3.8) is 0 Å². The van der Waals surface area contributed by atoms with E-state index in [4.69, 9.17) is 5.73 Å². The highest BCUT2D eigenvalue weighted by molar-refractivity contribution is 6.05. The summed E-state index contributed by atoms with van der Waals surface area (Å²) in [5.41, 5.74) is 10.8. The van der Waals surface area contributed by atoms with Gasteiger partial charge in [-0.05, 0) is 17.7 Å². The molecule has 0 aliphatic rings. The van der Waals surface area contributed by atoms with Crippen LogP contribution in [0, 0.1) is 0 Å². The van der Waals surface area contributed by atoms with Gasteiger partial charge in [-0.2, -0.15) is 18.3 Å². The lowest BCUT2D eigenvalue weighted by Gasteiger charge is -2.14. The normalized spacial score (nSPS) is 11.7. The summed E-state index contributed by atoms with van der Waals surface area (Å²) in [5, 5.41) is 8.35. The largest absolute Gasteiger partial charge is 0.417 e. The van der Waals surface area contributed by atoms with Gasteiger partial charge in [0.15, 0.2) is 5.82 Å². The number of halogens is 3. The SMILES string of the molecule is Nc1nc(-c2ccccc2C(F)(F)F)nc2cccc(-c3[nH]nc(-c4ccccc4)c3-c3ccccc3)c12. The van der Waals surface area contributed by atoms with Crippen molar-refractivity contribution in [2.45, 2.75) is 6.18 Å². The lowest BCUT2D eigenvalue weighted by Crippen LogP contribution is -2.09. The number of aromatic nitrogens is 4. The number of nitrogens with zero attached hydrogens (tertiary/aromatic N) is 3. The number of benzene rings is 4. The summed E-state index contributed by atoms with van der Waals surface area (Å²) in [6.45, 7) is 0. The Labute approximate surface area is 215 Å². The molecule has 0 atom stereocenters. The molecule has 0 unspecified atom stereocenters. The van der Waals surface area contributed by atoms with Crippen molar-refractivity contribution in [1.29, 1.82) is 0 Å². The third-order valence-corrected chi connectivity index (χ3v) is 6.37. The van der Waals surface area contributed by atoms with Gasteiger partial charge in [-0.3, -0.25) is 5.10 Å². The fourth-order valence-corrected chi connectivity index (χ4v) is 4.69. The number of alkyl halides is 3. The van der Waals surface area contributed by atoms with Gasteiger partial charge in [0.1, 0.15) is 11.5 Å². The average Bonchev–Trinajstić information content (AvgIpc) is 3.38. The number of fused-ring (bicyclic) bond motifs is 1. The number of hydrogen-bond donors (Lipinski definition) is 2. The monoisotopic (exact) mass is 507 g/mol. The fourth-order valence-electron chi connectivity index (χ4n) is 4.69. The first kappa shape index (κ1) is 23.4. The van der Waals surface area contributed by atoms with Crippen LogP contribution in [0.5, 0.6) is 0 Å². The van der Waals surface area contributed by atoms with E-state index in [9.17, 15) is 13.2 Å². The lowest BCUT2D eigenvalue weighted by atomic mass is 9.94. The van der Waals surface area contributed by atoms with Gasteiger partial charge in [-0.1, -0.05) is 91.0 Å². The van der Waals surface area contributed by atoms with Crippen molar-refractivity contribution in [1.82, 2.24) is 20.2 Å². The van der Waals surface area contributed by atoms with Crippen LogP contribution in [-0.4, -0.2) is 20.2 Å². The molecule has 5 nitrogen and oxygen atoms in total. The Balaban J connectivity index is 1.58. The van der Waals surface area contributed by atoms with Gasteiger partial charge in [0, 0.05) is 22.3 Å². The van der Waals surface area contributed by atoms with Crippen LogP contribution >= 0.6 is 0 Å². The second kappa shape index (κ2) is 9.15. The van der Waals surface area contributed by atoms with Crippen LogP contribution in [0.25, 0.3) is 55.9 Å². The molecule has 6 rings (SSSR count). The number of nitrogens with one attached hydrogen (secondary N) is 1. The molecule has 186 valence electrons. The average molecular weight is 508 g/mol. The number of aromatic amines is 1. The summed E-state index contributed by atoms with van der Waals surface area (Å²) in [6.07, 6.45) is -4.56. The predicted octanol–water partition coefficient (Wildman–Crippen LogP) is 7.62. The number of H-pyrrole nitrogens is 1. The lowest BCUT2D eigenvalue weighted by molar-refractivity contribution is -0.137. The molecule has 0 saturated heterocycles. The quantitative estimate of drug-likeness (QED) is 0.257. The maximum atomic E-state index is 13.7. The number of rotatable bonds is 4. The molecular weight excluding hydrogens is 487 g/mol. The molecule has 38 heavy (non-hydrogen) atoms. The van der Waals surface area contributed by atoms with Crippen molar-refractivity contribution in [3.8, 4) is 45.0 Å². The molecule has 0 aliphatic carbocycles. The topological polar surface area (TPSA) is 80.5 Å². The molecule has 8 heteroatoms. The van der Waals surface area contributed by atoms with Crippen LogP contribution in [0.4, 0.5) is 19.0 Å². The van der Waals surface area contributed by atoms with E-state index < -0.39 is 11.7 Å². The Hall–Kier alpha value is -4.98. The van der Waals surface area contributed by atoms with Gasteiger partial charge in [0.05, 0.1) is 22.2 Å². The van der Waals surface area contributed by atoms with Crippen LogP contribution in [0.1, 0.15) is 5.56 Å². The van der Waals surface area contributed by atoms with Crippen molar-refractivity contribution < 1.29 is 13.2 Å². The van der Waals surface area contributed by atoms with E-state index in [2.05, 4.69) is 20.2 Å². The summed E-state index contributed by atoms with van der Waals surface area (Å²) < 4.78 is 41.1. The summed E-state index contributed by atoms with van der Waals surface area (Å²) in [6, 6.07) is 30.2. The van der Waals surface area contributed by atoms with Crippen molar-refractivity contribution in [2.24, 2.45) is 0 Å². The van der Waals surface area contributed by atoms with Crippen LogP contribution in [-0.2, 0) is 6.18 Å². The molecule has 0 bridgehead atoms. The van der Waals surface area contributed by atoms with Gasteiger partial charge in [0.25, 0.3) is 0 Å². The Morgan fingerprint density at radius 3 is 2.00 bits per heavy atom. The molecule has 0 aliphatic heterocycles. The van der Waals surface area contributed by atoms with Gasteiger partial charge >= 0.3 is 6.18 Å². The first-order valence-corrected chi connectivity index (χ1v) is 11.8. The molecule has 4 aromatic carbocycles. The maximum Gasteiger partial charge on any atom is 0.417 e. The third kappa shape index (κ3) is 4.06. The van der Waals surface area contributed by atoms with Gasteiger partial charge in [0.2, 0.25) is 0 Å². The van der Waals surface area contributed by atoms with Crippen molar-refractivity contribution in [3.05, 3.63) is 109 Å². The summed E-state index contributed by atoms with van der Waals surface area (Å²) in [5.74, 6) is -0.00889. The minimum absolute atomic E-state index is 0.0763.